The first kappa shape index (κ1) is 21.0. The lowest BCUT2D eigenvalue weighted by Gasteiger charge is -2.34. The quantitative estimate of drug-likeness (QED) is 0.622. The summed E-state index contributed by atoms with van der Waals surface area (Å²) in [5.41, 5.74) is 0.840. The van der Waals surface area contributed by atoms with Gasteiger partial charge in [-0.15, -0.1) is 0 Å². The van der Waals surface area contributed by atoms with E-state index in [-0.39, 0.29) is 42.8 Å². The predicted molar refractivity (Wildman–Crippen MR) is 110 cm³/mol. The van der Waals surface area contributed by atoms with E-state index in [2.05, 4.69) is 15.9 Å². The Labute approximate surface area is 177 Å². The number of ketones is 1. The normalized spacial score (nSPS) is 15.5. The van der Waals surface area contributed by atoms with Gasteiger partial charge in [0.05, 0.1) is 15.5 Å². The second-order valence-corrected chi connectivity index (χ2v) is 9.66. The van der Waals surface area contributed by atoms with Crippen LogP contribution < -0.4 is 0 Å². The zero-order valence-corrected chi connectivity index (χ0v) is 18.2. The molecule has 0 N–H and O–H groups in total. The summed E-state index contributed by atoms with van der Waals surface area (Å²) in [6, 6.07) is 10.9. The summed E-state index contributed by atoms with van der Waals surface area (Å²) in [7, 11) is -3.68. The van der Waals surface area contributed by atoms with Gasteiger partial charge < -0.3 is 4.90 Å². The summed E-state index contributed by atoms with van der Waals surface area (Å²) in [4.78, 5) is 25.8. The molecule has 28 heavy (non-hydrogen) atoms. The highest BCUT2D eigenvalue weighted by Gasteiger charge is 2.31. The lowest BCUT2D eigenvalue weighted by atomic mass is 10.2. The highest BCUT2D eigenvalue weighted by atomic mass is 79.9. The Hall–Kier alpha value is -1.74. The molecule has 6 nitrogen and oxygen atoms in total. The molecule has 0 radical (unpaired) electrons. The Morgan fingerprint density at radius 1 is 1.00 bits per heavy atom. The van der Waals surface area contributed by atoms with E-state index in [9.17, 15) is 18.0 Å². The van der Waals surface area contributed by atoms with Crippen LogP contribution >= 0.6 is 27.5 Å². The number of nitrogens with zero attached hydrogens (tertiary/aromatic N) is 2. The van der Waals surface area contributed by atoms with Crippen LogP contribution in [0.15, 0.2) is 51.8 Å². The number of hydrogen-bond donors (Lipinski definition) is 0. The number of sulfonamides is 1. The van der Waals surface area contributed by atoms with Crippen molar-refractivity contribution in [2.75, 3.05) is 26.2 Å². The van der Waals surface area contributed by atoms with Gasteiger partial charge in [-0.2, -0.15) is 4.31 Å². The minimum Gasteiger partial charge on any atom is -0.336 e. The summed E-state index contributed by atoms with van der Waals surface area (Å²) in [5, 5.41) is 0.355. The molecular formula is C19H18BrClN2O4S. The summed E-state index contributed by atoms with van der Waals surface area (Å²) in [5.74, 6) is -0.351. The van der Waals surface area contributed by atoms with Gasteiger partial charge in [0.2, 0.25) is 10.0 Å². The number of Topliss-reactive ketones (excluding diaryl/α,β-unsaturated/α-hetero) is 1. The molecule has 1 heterocycles. The fourth-order valence-electron chi connectivity index (χ4n) is 2.97. The van der Waals surface area contributed by atoms with Crippen molar-refractivity contribution in [1.82, 2.24) is 9.21 Å². The van der Waals surface area contributed by atoms with Crippen molar-refractivity contribution in [2.24, 2.45) is 0 Å². The Morgan fingerprint density at radius 3 is 2.18 bits per heavy atom. The molecule has 0 bridgehead atoms. The van der Waals surface area contributed by atoms with Crippen LogP contribution in [0.4, 0.5) is 0 Å². The number of piperazine rings is 1. The first-order valence-corrected chi connectivity index (χ1v) is 11.2. The molecule has 0 atom stereocenters. The molecule has 3 rings (SSSR count). The van der Waals surface area contributed by atoms with Crippen molar-refractivity contribution >= 4 is 49.2 Å². The van der Waals surface area contributed by atoms with Crippen molar-refractivity contribution in [3.8, 4) is 0 Å². The van der Waals surface area contributed by atoms with Gasteiger partial charge in [-0.1, -0.05) is 39.7 Å². The molecule has 1 aliphatic heterocycles. The molecule has 1 aliphatic rings. The maximum Gasteiger partial charge on any atom is 0.255 e. The molecule has 1 fully saturated rings. The van der Waals surface area contributed by atoms with Crippen LogP contribution in [0, 0.1) is 0 Å². The molecule has 9 heteroatoms. The molecule has 148 valence electrons. The molecule has 0 spiro atoms. The van der Waals surface area contributed by atoms with Crippen molar-refractivity contribution in [3.63, 3.8) is 0 Å². The molecular weight excluding hydrogens is 468 g/mol. The van der Waals surface area contributed by atoms with Crippen LogP contribution in [0.3, 0.4) is 0 Å². The third kappa shape index (κ3) is 4.30. The molecule has 0 aliphatic carbocycles. The van der Waals surface area contributed by atoms with E-state index in [1.807, 2.05) is 0 Å². The van der Waals surface area contributed by atoms with Gasteiger partial charge in [-0.05, 0) is 37.3 Å². The van der Waals surface area contributed by atoms with Crippen LogP contribution in [0.5, 0.6) is 0 Å². The highest BCUT2D eigenvalue weighted by Crippen LogP contribution is 2.24. The molecule has 2 aromatic carbocycles. The number of halogens is 2. The second-order valence-electron chi connectivity index (χ2n) is 6.40. The minimum atomic E-state index is -3.68. The predicted octanol–water partition coefficient (Wildman–Crippen LogP) is 3.45. The summed E-state index contributed by atoms with van der Waals surface area (Å²) in [6.07, 6.45) is 0. The minimum absolute atomic E-state index is 0.123. The Kier molecular flexibility index (Phi) is 6.24. The van der Waals surface area contributed by atoms with E-state index in [1.54, 1.807) is 23.1 Å². The van der Waals surface area contributed by atoms with Crippen molar-refractivity contribution in [3.05, 3.63) is 63.1 Å². The van der Waals surface area contributed by atoms with Crippen LogP contribution in [0.2, 0.25) is 5.02 Å². The number of carbonyl (C=O) groups excluding carboxylic acids is 2. The third-order valence-corrected chi connectivity index (χ3v) is 7.32. The van der Waals surface area contributed by atoms with Crippen LogP contribution in [-0.4, -0.2) is 55.5 Å². The molecule has 1 amide bonds. The topological polar surface area (TPSA) is 74.8 Å². The summed E-state index contributed by atoms with van der Waals surface area (Å²) in [6.45, 7) is 2.35. The van der Waals surface area contributed by atoms with Gasteiger partial charge in [0.25, 0.3) is 5.91 Å². The van der Waals surface area contributed by atoms with Crippen molar-refractivity contribution in [2.45, 2.75) is 11.8 Å². The van der Waals surface area contributed by atoms with E-state index >= 15 is 0 Å². The van der Waals surface area contributed by atoms with E-state index < -0.39 is 10.0 Å². The SMILES string of the molecule is CC(=O)c1ccc(S(=O)(=O)N2CCN(C(=O)c3cc(Br)ccc3Cl)CC2)cc1. The lowest BCUT2D eigenvalue weighted by Crippen LogP contribution is -2.50. The zero-order valence-electron chi connectivity index (χ0n) is 15.1. The number of carbonyl (C=O) groups is 2. The third-order valence-electron chi connectivity index (χ3n) is 4.58. The number of hydrogen-bond acceptors (Lipinski definition) is 4. The first-order valence-electron chi connectivity index (χ1n) is 8.55. The van der Waals surface area contributed by atoms with Crippen molar-refractivity contribution in [1.29, 1.82) is 0 Å². The average Bonchev–Trinajstić information content (AvgIpc) is 2.69. The Balaban J connectivity index is 1.71. The zero-order chi connectivity index (χ0) is 20.5. The second kappa shape index (κ2) is 8.32. The number of benzene rings is 2. The summed E-state index contributed by atoms with van der Waals surface area (Å²) >= 11 is 9.45. The highest BCUT2D eigenvalue weighted by molar-refractivity contribution is 9.10. The maximum atomic E-state index is 12.8. The van der Waals surface area contributed by atoms with Gasteiger partial charge in [0, 0.05) is 36.2 Å². The molecule has 1 saturated heterocycles. The maximum absolute atomic E-state index is 12.8. The molecule has 0 saturated carbocycles. The van der Waals surface area contributed by atoms with E-state index in [1.165, 1.54) is 35.5 Å². The first-order chi connectivity index (χ1) is 13.2. The molecule has 0 aromatic heterocycles. The molecule has 0 unspecified atom stereocenters. The van der Waals surface area contributed by atoms with Gasteiger partial charge in [-0.25, -0.2) is 8.42 Å². The average molecular weight is 486 g/mol. The monoisotopic (exact) mass is 484 g/mol. The number of rotatable bonds is 4. The van der Waals surface area contributed by atoms with E-state index in [0.717, 1.165) is 4.47 Å². The largest absolute Gasteiger partial charge is 0.336 e. The van der Waals surface area contributed by atoms with Gasteiger partial charge in [0.1, 0.15) is 0 Å². The summed E-state index contributed by atoms with van der Waals surface area (Å²) < 4.78 is 27.7. The number of amides is 1. The fraction of sp³-hybridized carbons (Fsp3) is 0.263. The Bertz CT molecular complexity index is 1020. The standard InChI is InChI=1S/C19H18BrClN2O4S/c1-13(24)14-2-5-16(6-3-14)28(26,27)23-10-8-22(9-11-23)19(25)17-12-15(20)4-7-18(17)21/h2-7,12H,8-11H2,1H3. The van der Waals surface area contributed by atoms with Crippen molar-refractivity contribution < 1.29 is 18.0 Å². The fourth-order valence-corrected chi connectivity index (χ4v) is 4.96. The van der Waals surface area contributed by atoms with E-state index in [0.29, 0.717) is 16.1 Å². The van der Waals surface area contributed by atoms with E-state index in [4.69, 9.17) is 11.6 Å². The van der Waals surface area contributed by atoms with Gasteiger partial charge in [0.15, 0.2) is 5.78 Å². The smallest absolute Gasteiger partial charge is 0.255 e. The van der Waals surface area contributed by atoms with Gasteiger partial charge >= 0.3 is 0 Å². The van der Waals surface area contributed by atoms with Crippen LogP contribution in [-0.2, 0) is 10.0 Å². The van der Waals surface area contributed by atoms with Gasteiger partial charge in [-0.3, -0.25) is 9.59 Å². The molecule has 2 aromatic rings. The lowest BCUT2D eigenvalue weighted by molar-refractivity contribution is 0.0698. The van der Waals surface area contributed by atoms with Crippen LogP contribution in [0.25, 0.3) is 0 Å². The Morgan fingerprint density at radius 2 is 1.61 bits per heavy atom. The van der Waals surface area contributed by atoms with Crippen LogP contribution in [0.1, 0.15) is 27.6 Å².